The molecule has 0 spiro atoms. The Morgan fingerprint density at radius 3 is 2.26 bits per heavy atom. The van der Waals surface area contributed by atoms with Gasteiger partial charge in [-0.25, -0.2) is 0 Å². The van der Waals surface area contributed by atoms with E-state index in [2.05, 4.69) is 0 Å². The predicted molar refractivity (Wildman–Crippen MR) is 127 cm³/mol. The van der Waals surface area contributed by atoms with Crippen molar-refractivity contribution in [3.8, 4) is 11.5 Å². The van der Waals surface area contributed by atoms with Gasteiger partial charge in [-0.05, 0) is 55.0 Å². The van der Waals surface area contributed by atoms with Gasteiger partial charge >= 0.3 is 5.97 Å². The molecule has 0 bridgehead atoms. The Bertz CT molecular complexity index is 1270. The molecule has 3 aromatic rings. The van der Waals surface area contributed by atoms with E-state index in [0.717, 1.165) is 11.3 Å². The minimum absolute atomic E-state index is 0.0377. The average Bonchev–Trinajstić information content (AvgIpc) is 3.25. The Labute approximate surface area is 201 Å². The Balaban J connectivity index is 1.30. The summed E-state index contributed by atoms with van der Waals surface area (Å²) in [4.78, 5) is 49.2. The van der Waals surface area contributed by atoms with Gasteiger partial charge in [-0.3, -0.25) is 24.5 Å². The highest BCUT2D eigenvalue weighted by Gasteiger charge is 2.36. The van der Waals surface area contributed by atoms with Gasteiger partial charge in [-0.2, -0.15) is 0 Å². The Kier molecular flexibility index (Phi) is 6.86. The maximum atomic E-state index is 12.5. The molecule has 1 aliphatic heterocycles. The molecule has 1 heterocycles. The molecule has 1 fully saturated rings. The number of ether oxygens (including phenoxy) is 2. The Hall–Kier alpha value is -4.53. The van der Waals surface area contributed by atoms with E-state index >= 15 is 0 Å². The molecule has 0 N–H and O–H groups in total. The van der Waals surface area contributed by atoms with Crippen LogP contribution in [0.5, 0.6) is 11.5 Å². The van der Waals surface area contributed by atoms with Gasteiger partial charge in [-0.15, -0.1) is 0 Å². The van der Waals surface area contributed by atoms with Gasteiger partial charge in [0.1, 0.15) is 11.5 Å². The zero-order valence-corrected chi connectivity index (χ0v) is 18.9. The number of rotatable bonds is 8. The fraction of sp³-hybridized carbons (Fsp3) is 0.192. The van der Waals surface area contributed by atoms with Crippen molar-refractivity contribution in [3.63, 3.8) is 0 Å². The third kappa shape index (κ3) is 5.52. The molecule has 1 amide bonds. The minimum atomic E-state index is -0.632. The van der Waals surface area contributed by atoms with Crippen LogP contribution in [0.15, 0.2) is 72.8 Å². The van der Waals surface area contributed by atoms with Crippen molar-refractivity contribution >= 4 is 29.0 Å². The molecule has 9 heteroatoms. The summed E-state index contributed by atoms with van der Waals surface area (Å²) < 4.78 is 10.8. The number of carbonyl (C=O) groups is 3. The van der Waals surface area contributed by atoms with E-state index in [1.54, 1.807) is 17.0 Å². The summed E-state index contributed by atoms with van der Waals surface area (Å²) in [6.45, 7) is 1.68. The number of ketones is 1. The van der Waals surface area contributed by atoms with Crippen LogP contribution in [-0.2, 0) is 14.3 Å². The van der Waals surface area contributed by atoms with Crippen LogP contribution >= 0.6 is 0 Å². The molecular weight excluding hydrogens is 452 g/mol. The number of hydrogen-bond acceptors (Lipinski definition) is 7. The smallest absolute Gasteiger partial charge is 0.311 e. The van der Waals surface area contributed by atoms with Crippen molar-refractivity contribution in [1.82, 2.24) is 0 Å². The highest BCUT2D eigenvalue weighted by Crippen LogP contribution is 2.28. The zero-order chi connectivity index (χ0) is 24.9. The summed E-state index contributed by atoms with van der Waals surface area (Å²) in [7, 11) is 0. The number of para-hydroxylation sites is 1. The van der Waals surface area contributed by atoms with Crippen LogP contribution in [0, 0.1) is 23.0 Å². The second-order valence-corrected chi connectivity index (χ2v) is 8.10. The van der Waals surface area contributed by atoms with E-state index in [9.17, 15) is 24.5 Å². The highest BCUT2D eigenvalue weighted by molar-refractivity contribution is 6.01. The number of aryl methyl sites for hydroxylation is 1. The molecule has 4 rings (SSSR count). The van der Waals surface area contributed by atoms with Crippen molar-refractivity contribution in [2.75, 3.05) is 18.1 Å². The van der Waals surface area contributed by atoms with Crippen LogP contribution in [0.1, 0.15) is 22.3 Å². The predicted octanol–water partition coefficient (Wildman–Crippen LogP) is 4.47. The summed E-state index contributed by atoms with van der Waals surface area (Å²) in [5.41, 5.74) is 1.99. The molecule has 9 nitrogen and oxygen atoms in total. The van der Waals surface area contributed by atoms with Crippen LogP contribution < -0.4 is 9.64 Å². The molecule has 3 aromatic carbocycles. The van der Waals surface area contributed by atoms with Crippen molar-refractivity contribution in [1.29, 1.82) is 0 Å². The van der Waals surface area contributed by atoms with E-state index < -0.39 is 23.4 Å². The second-order valence-electron chi connectivity index (χ2n) is 8.10. The minimum Gasteiger partial charge on any atom is -0.457 e. The van der Waals surface area contributed by atoms with Crippen LogP contribution in [0.4, 0.5) is 11.4 Å². The molecule has 1 saturated heterocycles. The Morgan fingerprint density at radius 1 is 1.00 bits per heavy atom. The highest BCUT2D eigenvalue weighted by atomic mass is 16.6. The molecule has 0 aromatic heterocycles. The number of Topliss-reactive ketones (excluding diaryl/α,β-unsaturated/α-hetero) is 1. The summed E-state index contributed by atoms with van der Waals surface area (Å²) in [6, 6.07) is 19.3. The summed E-state index contributed by atoms with van der Waals surface area (Å²) in [5, 5.41) is 10.7. The lowest BCUT2D eigenvalue weighted by Crippen LogP contribution is -2.27. The normalized spacial score (nSPS) is 15.1. The number of anilines is 1. The first kappa shape index (κ1) is 23.6. The SMILES string of the molecule is Cc1ccccc1N1C[C@@H](C(=O)OCC(=O)c2ccc(Oc3ccc([N+](=O)[O-])cc3)cc2)CC1=O. The van der Waals surface area contributed by atoms with Crippen molar-refractivity contribution < 1.29 is 28.8 Å². The first-order chi connectivity index (χ1) is 16.8. The number of carbonyl (C=O) groups excluding carboxylic acids is 3. The topological polar surface area (TPSA) is 116 Å². The van der Waals surface area contributed by atoms with Crippen molar-refractivity contribution in [2.45, 2.75) is 13.3 Å². The molecule has 0 unspecified atom stereocenters. The number of nitrogens with zero attached hydrogens (tertiary/aromatic N) is 2. The van der Waals surface area contributed by atoms with Crippen LogP contribution in [-0.4, -0.2) is 35.7 Å². The number of nitro groups is 1. The lowest BCUT2D eigenvalue weighted by atomic mass is 10.1. The number of benzene rings is 3. The largest absolute Gasteiger partial charge is 0.457 e. The Morgan fingerprint density at radius 2 is 1.63 bits per heavy atom. The first-order valence-electron chi connectivity index (χ1n) is 10.9. The second kappa shape index (κ2) is 10.2. The average molecular weight is 474 g/mol. The lowest BCUT2D eigenvalue weighted by molar-refractivity contribution is -0.384. The van der Waals surface area contributed by atoms with Crippen LogP contribution in [0.25, 0.3) is 0 Å². The number of nitro benzene ring substituents is 1. The van der Waals surface area contributed by atoms with Crippen LogP contribution in [0.2, 0.25) is 0 Å². The third-order valence-corrected chi connectivity index (χ3v) is 5.67. The molecule has 1 atom stereocenters. The molecule has 0 saturated carbocycles. The van der Waals surface area contributed by atoms with E-state index in [4.69, 9.17) is 9.47 Å². The van der Waals surface area contributed by atoms with Gasteiger partial charge in [0, 0.05) is 36.3 Å². The molecule has 0 aliphatic carbocycles. The molecule has 0 radical (unpaired) electrons. The lowest BCUT2D eigenvalue weighted by Gasteiger charge is -2.18. The molecular formula is C26H22N2O7. The molecule has 35 heavy (non-hydrogen) atoms. The number of hydrogen-bond donors (Lipinski definition) is 0. The monoisotopic (exact) mass is 474 g/mol. The van der Waals surface area contributed by atoms with E-state index in [1.165, 1.54) is 36.4 Å². The molecule has 1 aliphatic rings. The number of non-ortho nitro benzene ring substituents is 1. The fourth-order valence-electron chi connectivity index (χ4n) is 3.78. The fourth-order valence-corrected chi connectivity index (χ4v) is 3.78. The number of amides is 1. The third-order valence-electron chi connectivity index (χ3n) is 5.67. The maximum absolute atomic E-state index is 12.5. The zero-order valence-electron chi connectivity index (χ0n) is 18.9. The van der Waals surface area contributed by atoms with Gasteiger partial charge < -0.3 is 14.4 Å². The first-order valence-corrected chi connectivity index (χ1v) is 10.9. The van der Waals surface area contributed by atoms with Gasteiger partial charge in [-0.1, -0.05) is 18.2 Å². The van der Waals surface area contributed by atoms with Gasteiger partial charge in [0.25, 0.3) is 5.69 Å². The van der Waals surface area contributed by atoms with Crippen molar-refractivity contribution in [3.05, 3.63) is 94.0 Å². The summed E-state index contributed by atoms with van der Waals surface area (Å²) in [5.74, 6) is -0.910. The van der Waals surface area contributed by atoms with Crippen LogP contribution in [0.3, 0.4) is 0 Å². The summed E-state index contributed by atoms with van der Waals surface area (Å²) in [6.07, 6.45) is 0.0377. The summed E-state index contributed by atoms with van der Waals surface area (Å²) >= 11 is 0. The maximum Gasteiger partial charge on any atom is 0.311 e. The van der Waals surface area contributed by atoms with E-state index in [0.29, 0.717) is 17.1 Å². The standard InChI is InChI=1S/C26H22N2O7/c1-17-4-2-3-5-23(17)27-15-19(14-25(27)30)26(31)34-16-24(29)18-6-10-21(11-7-18)35-22-12-8-20(9-13-22)28(32)33/h2-13,19H,14-16H2,1H3/t19-/m0/s1. The number of esters is 1. The van der Waals surface area contributed by atoms with E-state index in [1.807, 2.05) is 31.2 Å². The van der Waals surface area contributed by atoms with Gasteiger partial charge in [0.2, 0.25) is 5.91 Å². The quantitative estimate of drug-likeness (QED) is 0.205. The van der Waals surface area contributed by atoms with Gasteiger partial charge in [0.05, 0.1) is 10.8 Å². The molecule has 178 valence electrons. The van der Waals surface area contributed by atoms with E-state index in [-0.39, 0.29) is 30.3 Å². The van der Waals surface area contributed by atoms with Crippen molar-refractivity contribution in [2.24, 2.45) is 5.92 Å². The van der Waals surface area contributed by atoms with Gasteiger partial charge in [0.15, 0.2) is 12.4 Å².